The molecule has 5 heteroatoms. The molecule has 0 aliphatic rings. The van der Waals surface area contributed by atoms with Gasteiger partial charge in [-0.2, -0.15) is 0 Å². The molecule has 0 spiro atoms. The van der Waals surface area contributed by atoms with E-state index in [1.54, 1.807) is 13.0 Å². The van der Waals surface area contributed by atoms with Gasteiger partial charge in [0.1, 0.15) is 10.1 Å². The van der Waals surface area contributed by atoms with Crippen LogP contribution in [0.3, 0.4) is 0 Å². The summed E-state index contributed by atoms with van der Waals surface area (Å²) < 4.78 is 34.1. The van der Waals surface area contributed by atoms with E-state index in [-0.39, 0.29) is 34.5 Å². The molecule has 1 unspecified atom stereocenters. The van der Waals surface area contributed by atoms with Crippen molar-refractivity contribution < 1.29 is 42.5 Å². The van der Waals surface area contributed by atoms with Gasteiger partial charge in [0.2, 0.25) is 0 Å². The Morgan fingerprint density at radius 3 is 2.04 bits per heavy atom. The fourth-order valence-electron chi connectivity index (χ4n) is 3.50. The molecule has 1 aromatic carbocycles. The van der Waals surface area contributed by atoms with Gasteiger partial charge in [-0.25, -0.2) is 8.42 Å². The predicted molar refractivity (Wildman–Crippen MR) is 99.5 cm³/mol. The van der Waals surface area contributed by atoms with Crippen LogP contribution in [0.15, 0.2) is 17.0 Å². The Kier molecular flexibility index (Phi) is 12.6. The SMILES string of the molecule is CCCCCCCCC(CCC)c1cc(C)c(S(=O)(=O)[O-])cc1C.[Na+]. The Hall–Kier alpha value is 0.130. The zero-order chi connectivity index (χ0) is 18.2. The summed E-state index contributed by atoms with van der Waals surface area (Å²) in [5, 5.41) is 0. The average Bonchev–Trinajstić information content (AvgIpc) is 2.50. The first kappa shape index (κ1) is 25.1. The van der Waals surface area contributed by atoms with E-state index in [1.807, 2.05) is 13.0 Å². The number of unbranched alkanes of at least 4 members (excludes halogenated alkanes) is 5. The maximum atomic E-state index is 11.4. The van der Waals surface area contributed by atoms with Crippen LogP contribution in [-0.4, -0.2) is 13.0 Å². The van der Waals surface area contributed by atoms with Crippen molar-refractivity contribution in [1.82, 2.24) is 0 Å². The Balaban J connectivity index is 0.00000576. The second-order valence-electron chi connectivity index (χ2n) is 6.97. The summed E-state index contributed by atoms with van der Waals surface area (Å²) in [6.45, 7) is 8.07. The van der Waals surface area contributed by atoms with Crippen LogP contribution in [0.1, 0.15) is 94.2 Å². The van der Waals surface area contributed by atoms with Gasteiger partial charge in [-0.1, -0.05) is 64.9 Å². The molecule has 0 saturated heterocycles. The molecule has 1 atom stereocenters. The Labute approximate surface area is 177 Å². The molecule has 0 aromatic heterocycles. The van der Waals surface area contributed by atoms with Crippen LogP contribution < -0.4 is 29.6 Å². The standard InChI is InChI=1S/C20H34O3S.Na/c1-5-7-8-9-10-11-13-18(12-6-2)19-14-17(4)20(15-16(19)3)24(21,22)23;/h14-15,18H,5-13H2,1-4H3,(H,21,22,23);/q;+1/p-1. The topological polar surface area (TPSA) is 57.2 Å². The van der Waals surface area contributed by atoms with E-state index in [2.05, 4.69) is 13.8 Å². The molecule has 25 heavy (non-hydrogen) atoms. The molecule has 3 nitrogen and oxygen atoms in total. The zero-order valence-electron chi connectivity index (χ0n) is 16.7. The first-order valence-corrected chi connectivity index (χ1v) is 10.8. The second-order valence-corrected chi connectivity index (χ2v) is 8.32. The molecule has 0 aliphatic carbocycles. The summed E-state index contributed by atoms with van der Waals surface area (Å²) >= 11 is 0. The maximum absolute atomic E-state index is 11.4. The summed E-state index contributed by atoms with van der Waals surface area (Å²) in [6.07, 6.45) is 11.1. The van der Waals surface area contributed by atoms with Gasteiger partial charge < -0.3 is 4.55 Å². The van der Waals surface area contributed by atoms with Gasteiger partial charge in [-0.15, -0.1) is 0 Å². The van der Waals surface area contributed by atoms with Gasteiger partial charge in [-0.05, 0) is 55.4 Å². The quantitative estimate of drug-likeness (QED) is 0.339. The molecular weight excluding hydrogens is 343 g/mol. The van der Waals surface area contributed by atoms with Crippen molar-refractivity contribution in [1.29, 1.82) is 0 Å². The predicted octanol–water partition coefficient (Wildman–Crippen LogP) is 2.85. The number of hydrogen-bond donors (Lipinski definition) is 0. The van der Waals surface area contributed by atoms with E-state index in [4.69, 9.17) is 0 Å². The minimum Gasteiger partial charge on any atom is -0.744 e. The summed E-state index contributed by atoms with van der Waals surface area (Å²) in [5.74, 6) is 0.461. The minimum atomic E-state index is -4.39. The van der Waals surface area contributed by atoms with Crippen LogP contribution in [0.2, 0.25) is 0 Å². The summed E-state index contributed by atoms with van der Waals surface area (Å²) in [6, 6.07) is 3.49. The van der Waals surface area contributed by atoms with Crippen molar-refractivity contribution in [2.24, 2.45) is 0 Å². The van der Waals surface area contributed by atoms with Gasteiger partial charge >= 0.3 is 29.6 Å². The third-order valence-electron chi connectivity index (χ3n) is 4.82. The molecule has 138 valence electrons. The first-order valence-electron chi connectivity index (χ1n) is 9.38. The van der Waals surface area contributed by atoms with Crippen LogP contribution in [0, 0.1) is 13.8 Å². The molecule has 1 aromatic rings. The van der Waals surface area contributed by atoms with E-state index in [9.17, 15) is 13.0 Å². The van der Waals surface area contributed by atoms with Crippen LogP contribution >= 0.6 is 0 Å². The van der Waals surface area contributed by atoms with Crippen LogP contribution in [0.5, 0.6) is 0 Å². The Morgan fingerprint density at radius 1 is 0.880 bits per heavy atom. The molecule has 0 N–H and O–H groups in total. The maximum Gasteiger partial charge on any atom is 1.00 e. The summed E-state index contributed by atoms with van der Waals surface area (Å²) in [4.78, 5) is -0.0708. The van der Waals surface area contributed by atoms with Crippen molar-refractivity contribution in [3.05, 3.63) is 28.8 Å². The minimum absolute atomic E-state index is 0. The fourth-order valence-corrected chi connectivity index (χ4v) is 4.27. The van der Waals surface area contributed by atoms with Crippen LogP contribution in [0.25, 0.3) is 0 Å². The molecular formula is C20H33NaO3S. The smallest absolute Gasteiger partial charge is 0.744 e. The first-order chi connectivity index (χ1) is 11.3. The van der Waals surface area contributed by atoms with Crippen molar-refractivity contribution in [3.63, 3.8) is 0 Å². The largest absolute Gasteiger partial charge is 1.00 e. The van der Waals surface area contributed by atoms with E-state index in [0.717, 1.165) is 24.8 Å². The van der Waals surface area contributed by atoms with Crippen molar-refractivity contribution >= 4 is 10.1 Å². The van der Waals surface area contributed by atoms with E-state index >= 15 is 0 Å². The number of benzene rings is 1. The molecule has 0 heterocycles. The second kappa shape index (κ2) is 12.5. The van der Waals surface area contributed by atoms with Crippen LogP contribution in [0.4, 0.5) is 0 Å². The van der Waals surface area contributed by atoms with Crippen molar-refractivity contribution in [2.45, 2.75) is 96.3 Å². The van der Waals surface area contributed by atoms with Gasteiger partial charge in [0.05, 0.1) is 4.90 Å². The molecule has 1 rings (SSSR count). The van der Waals surface area contributed by atoms with Crippen LogP contribution in [-0.2, 0) is 10.1 Å². The average molecular weight is 377 g/mol. The van der Waals surface area contributed by atoms with Gasteiger partial charge in [0.25, 0.3) is 0 Å². The van der Waals surface area contributed by atoms with Gasteiger partial charge in [0, 0.05) is 0 Å². The van der Waals surface area contributed by atoms with E-state index < -0.39 is 10.1 Å². The third kappa shape index (κ3) is 8.57. The Bertz CT molecular complexity index is 612. The summed E-state index contributed by atoms with van der Waals surface area (Å²) in [7, 11) is -4.39. The van der Waals surface area contributed by atoms with Crippen molar-refractivity contribution in [3.8, 4) is 0 Å². The number of hydrogen-bond acceptors (Lipinski definition) is 3. The summed E-state index contributed by atoms with van der Waals surface area (Å²) in [5.41, 5.74) is 2.73. The Morgan fingerprint density at radius 2 is 1.48 bits per heavy atom. The molecule has 0 saturated carbocycles. The molecule has 0 aliphatic heterocycles. The molecule has 0 bridgehead atoms. The normalized spacial score (nSPS) is 12.7. The number of aryl methyl sites for hydroxylation is 2. The third-order valence-corrected chi connectivity index (χ3v) is 5.79. The molecule has 0 fully saturated rings. The monoisotopic (exact) mass is 376 g/mol. The number of rotatable bonds is 11. The van der Waals surface area contributed by atoms with Gasteiger partial charge in [-0.3, -0.25) is 0 Å². The van der Waals surface area contributed by atoms with Gasteiger partial charge in [0.15, 0.2) is 0 Å². The molecule has 0 radical (unpaired) electrons. The molecule has 0 amide bonds. The zero-order valence-corrected chi connectivity index (χ0v) is 19.5. The van der Waals surface area contributed by atoms with E-state index in [0.29, 0.717) is 11.5 Å². The fraction of sp³-hybridized carbons (Fsp3) is 0.700. The van der Waals surface area contributed by atoms with E-state index in [1.165, 1.54) is 44.1 Å². The van der Waals surface area contributed by atoms with Crippen molar-refractivity contribution in [2.75, 3.05) is 0 Å².